The number of carbonyl (C=O) groups excluding carboxylic acids is 2. The Balaban J connectivity index is 4.30. The van der Waals surface area contributed by atoms with Gasteiger partial charge in [0, 0.05) is 0 Å². The second-order valence-corrected chi connectivity index (χ2v) is 11.7. The van der Waals surface area contributed by atoms with Crippen molar-refractivity contribution in [3.63, 3.8) is 0 Å². The van der Waals surface area contributed by atoms with Crippen molar-refractivity contribution in [3.8, 4) is 0 Å². The maximum Gasteiger partial charge on any atom is 0.320 e. The largest absolute Gasteiger partial charge is 0.465 e. The lowest BCUT2D eigenvalue weighted by atomic mass is 10.00. The van der Waals surface area contributed by atoms with Crippen LogP contribution in [0.1, 0.15) is 163 Å². The van der Waals surface area contributed by atoms with E-state index in [1.54, 1.807) is 0 Å². The fourth-order valence-corrected chi connectivity index (χ4v) is 4.55. The van der Waals surface area contributed by atoms with Gasteiger partial charge in [-0.3, -0.25) is 9.59 Å². The van der Waals surface area contributed by atoms with E-state index >= 15 is 0 Å². The molecular weight excluding hydrogens is 448 g/mol. The molecule has 4 nitrogen and oxygen atoms in total. The lowest BCUT2D eigenvalue weighted by molar-refractivity contribution is -0.162. The summed E-state index contributed by atoms with van der Waals surface area (Å²) in [6, 6.07) is 0. The zero-order chi connectivity index (χ0) is 26.9. The zero-order valence-electron chi connectivity index (χ0n) is 24.9. The van der Waals surface area contributed by atoms with Gasteiger partial charge in [-0.25, -0.2) is 0 Å². The number of rotatable bonds is 26. The van der Waals surface area contributed by atoms with E-state index in [0.717, 1.165) is 50.4 Å². The minimum Gasteiger partial charge on any atom is -0.465 e. The molecule has 0 aromatic carbocycles. The van der Waals surface area contributed by atoms with Gasteiger partial charge in [0.05, 0.1) is 13.2 Å². The second kappa shape index (κ2) is 25.6. The molecule has 0 amide bonds. The second-order valence-electron chi connectivity index (χ2n) is 11.7. The third kappa shape index (κ3) is 23.3. The van der Waals surface area contributed by atoms with Crippen molar-refractivity contribution in [3.05, 3.63) is 0 Å². The molecule has 0 bridgehead atoms. The summed E-state index contributed by atoms with van der Waals surface area (Å²) in [4.78, 5) is 25.5. The monoisotopic (exact) mass is 510 g/mol. The molecule has 4 heteroatoms. The number of ether oxygens (including phenoxy) is 2. The Morgan fingerprint density at radius 3 is 1.19 bits per heavy atom. The average Bonchev–Trinajstić information content (AvgIpc) is 2.83. The van der Waals surface area contributed by atoms with Crippen molar-refractivity contribution in [2.75, 3.05) is 13.2 Å². The molecule has 0 radical (unpaired) electrons. The smallest absolute Gasteiger partial charge is 0.320 e. The average molecular weight is 511 g/mol. The summed E-state index contributed by atoms with van der Waals surface area (Å²) >= 11 is 0. The molecule has 0 aromatic heterocycles. The summed E-state index contributed by atoms with van der Waals surface area (Å²) in [6.07, 6.45) is 22.7. The maximum atomic E-state index is 12.7. The van der Waals surface area contributed by atoms with E-state index in [1.807, 2.05) is 0 Å². The summed E-state index contributed by atoms with van der Waals surface area (Å²) in [7, 11) is 0. The van der Waals surface area contributed by atoms with Gasteiger partial charge >= 0.3 is 11.9 Å². The van der Waals surface area contributed by atoms with Crippen LogP contribution in [-0.2, 0) is 19.1 Å². The molecule has 36 heavy (non-hydrogen) atoms. The summed E-state index contributed by atoms with van der Waals surface area (Å²) in [6.45, 7) is 12.1. The van der Waals surface area contributed by atoms with Gasteiger partial charge in [-0.2, -0.15) is 0 Å². The van der Waals surface area contributed by atoms with Gasteiger partial charge in [0.2, 0.25) is 0 Å². The molecule has 0 atom stereocenters. The number of hydrogen-bond acceptors (Lipinski definition) is 4. The van der Waals surface area contributed by atoms with Crippen LogP contribution in [0, 0.1) is 17.8 Å². The number of esters is 2. The van der Waals surface area contributed by atoms with Gasteiger partial charge in [-0.1, -0.05) is 144 Å². The minimum absolute atomic E-state index is 0.376. The molecule has 0 fully saturated rings. The normalized spacial score (nSPS) is 11.6. The summed E-state index contributed by atoms with van der Waals surface area (Å²) in [5.41, 5.74) is 0. The Kier molecular flexibility index (Phi) is 24.8. The van der Waals surface area contributed by atoms with Gasteiger partial charge in [-0.05, 0) is 31.1 Å². The molecule has 0 aliphatic carbocycles. The van der Waals surface area contributed by atoms with E-state index in [1.165, 1.54) is 83.5 Å². The molecule has 0 spiro atoms. The van der Waals surface area contributed by atoms with Crippen LogP contribution in [0.25, 0.3) is 0 Å². The van der Waals surface area contributed by atoms with E-state index in [0.29, 0.717) is 19.6 Å². The van der Waals surface area contributed by atoms with Crippen LogP contribution in [0.15, 0.2) is 0 Å². The first-order chi connectivity index (χ1) is 17.4. The first kappa shape index (κ1) is 34.9. The highest BCUT2D eigenvalue weighted by Crippen LogP contribution is 2.18. The van der Waals surface area contributed by atoms with Gasteiger partial charge in [0.1, 0.15) is 0 Å². The topological polar surface area (TPSA) is 52.6 Å². The quantitative estimate of drug-likeness (QED) is 0.0660. The Bertz CT molecular complexity index is 466. The van der Waals surface area contributed by atoms with Gasteiger partial charge in [-0.15, -0.1) is 0 Å². The molecule has 0 heterocycles. The SMILES string of the molecule is CCCCCCCCCCCC(C(=O)OCCCCCCC(C)C)C(=O)OCCCCCCC(C)C. The highest BCUT2D eigenvalue weighted by Gasteiger charge is 2.29. The molecule has 0 aliphatic rings. The van der Waals surface area contributed by atoms with Crippen LogP contribution in [0.3, 0.4) is 0 Å². The van der Waals surface area contributed by atoms with Crippen molar-refractivity contribution in [2.45, 2.75) is 163 Å². The van der Waals surface area contributed by atoms with E-state index in [2.05, 4.69) is 34.6 Å². The highest BCUT2D eigenvalue weighted by molar-refractivity contribution is 5.94. The van der Waals surface area contributed by atoms with Gasteiger partial charge in [0.15, 0.2) is 5.92 Å². The molecule has 214 valence electrons. The molecule has 0 aliphatic heterocycles. The Morgan fingerprint density at radius 2 is 0.806 bits per heavy atom. The van der Waals surface area contributed by atoms with Crippen LogP contribution in [0.5, 0.6) is 0 Å². The van der Waals surface area contributed by atoms with Crippen LogP contribution >= 0.6 is 0 Å². The number of unbranched alkanes of at least 4 members (excludes halogenated alkanes) is 14. The summed E-state index contributed by atoms with van der Waals surface area (Å²) < 4.78 is 11.1. The molecule has 0 rings (SSSR count). The Morgan fingerprint density at radius 1 is 0.472 bits per heavy atom. The fourth-order valence-electron chi connectivity index (χ4n) is 4.55. The number of hydrogen-bond donors (Lipinski definition) is 0. The van der Waals surface area contributed by atoms with E-state index in [9.17, 15) is 9.59 Å². The lowest BCUT2D eigenvalue weighted by Crippen LogP contribution is -2.28. The molecule has 0 saturated heterocycles. The molecule has 0 saturated carbocycles. The molecule has 0 N–H and O–H groups in total. The first-order valence-electron chi connectivity index (χ1n) is 15.7. The van der Waals surface area contributed by atoms with E-state index in [-0.39, 0.29) is 11.9 Å². The lowest BCUT2D eigenvalue weighted by Gasteiger charge is -2.16. The molecule has 0 aromatic rings. The minimum atomic E-state index is -0.753. The first-order valence-corrected chi connectivity index (χ1v) is 15.7. The molecule has 0 unspecified atom stereocenters. The van der Waals surface area contributed by atoms with Crippen molar-refractivity contribution < 1.29 is 19.1 Å². The van der Waals surface area contributed by atoms with Crippen LogP contribution in [0.2, 0.25) is 0 Å². The van der Waals surface area contributed by atoms with Crippen molar-refractivity contribution >= 4 is 11.9 Å². The Hall–Kier alpha value is -1.06. The van der Waals surface area contributed by atoms with Crippen molar-refractivity contribution in [2.24, 2.45) is 17.8 Å². The standard InChI is InChI=1S/C32H62O4/c1-6-7-8-9-10-11-12-13-20-25-30(31(33)35-26-21-16-14-18-23-28(2)3)32(34)36-27-22-17-15-19-24-29(4)5/h28-30H,6-27H2,1-5H3. The summed E-state index contributed by atoms with van der Waals surface area (Å²) in [5, 5.41) is 0. The third-order valence-electron chi connectivity index (χ3n) is 7.01. The van der Waals surface area contributed by atoms with Crippen LogP contribution < -0.4 is 0 Å². The van der Waals surface area contributed by atoms with E-state index in [4.69, 9.17) is 9.47 Å². The van der Waals surface area contributed by atoms with Crippen molar-refractivity contribution in [1.29, 1.82) is 0 Å². The maximum absolute atomic E-state index is 12.7. The number of carbonyl (C=O) groups is 2. The zero-order valence-corrected chi connectivity index (χ0v) is 24.9. The summed E-state index contributed by atoms with van der Waals surface area (Å²) in [5.74, 6) is -0.0137. The predicted molar refractivity (Wildman–Crippen MR) is 153 cm³/mol. The predicted octanol–water partition coefficient (Wildman–Crippen LogP) is 9.82. The van der Waals surface area contributed by atoms with Crippen molar-refractivity contribution in [1.82, 2.24) is 0 Å². The highest BCUT2D eigenvalue weighted by atomic mass is 16.6. The molecular formula is C32H62O4. The van der Waals surface area contributed by atoms with Crippen LogP contribution in [-0.4, -0.2) is 25.2 Å². The van der Waals surface area contributed by atoms with Gasteiger partial charge in [0.25, 0.3) is 0 Å². The van der Waals surface area contributed by atoms with Gasteiger partial charge < -0.3 is 9.47 Å². The fraction of sp³-hybridized carbons (Fsp3) is 0.938. The van der Waals surface area contributed by atoms with Crippen LogP contribution in [0.4, 0.5) is 0 Å². The van der Waals surface area contributed by atoms with E-state index < -0.39 is 5.92 Å². The Labute approximate surface area is 225 Å². The third-order valence-corrected chi connectivity index (χ3v) is 7.01.